The highest BCUT2D eigenvalue weighted by Crippen LogP contribution is 2.26. The van der Waals surface area contributed by atoms with E-state index in [1.54, 1.807) is 11.3 Å². The third kappa shape index (κ3) is 2.61. The molecule has 1 aromatic heterocycles. The van der Waals surface area contributed by atoms with Gasteiger partial charge in [0.15, 0.2) is 0 Å². The molecule has 1 heterocycles. The number of aryl methyl sites for hydroxylation is 3. The van der Waals surface area contributed by atoms with Gasteiger partial charge in [0.05, 0.1) is 17.2 Å². The van der Waals surface area contributed by atoms with Crippen molar-refractivity contribution in [1.82, 2.24) is 10.4 Å². The zero-order chi connectivity index (χ0) is 13.1. The van der Waals surface area contributed by atoms with Crippen LogP contribution in [0, 0.1) is 20.8 Å². The summed E-state index contributed by atoms with van der Waals surface area (Å²) < 4.78 is 0. The Kier molecular flexibility index (Phi) is 4.11. The van der Waals surface area contributed by atoms with Crippen molar-refractivity contribution in [3.05, 3.63) is 51.0 Å². The van der Waals surface area contributed by atoms with Crippen molar-refractivity contribution in [1.29, 1.82) is 0 Å². The lowest BCUT2D eigenvalue weighted by Gasteiger charge is -2.18. The fraction of sp³-hybridized carbons (Fsp3) is 0.357. The first-order valence-corrected chi connectivity index (χ1v) is 6.92. The second kappa shape index (κ2) is 5.61. The average Bonchev–Trinajstić information content (AvgIpc) is 2.76. The molecule has 0 aliphatic rings. The molecule has 0 saturated carbocycles. The van der Waals surface area contributed by atoms with Gasteiger partial charge in [0.2, 0.25) is 0 Å². The van der Waals surface area contributed by atoms with E-state index in [1.807, 2.05) is 12.4 Å². The van der Waals surface area contributed by atoms with Crippen LogP contribution < -0.4 is 11.3 Å². The SMILES string of the molecule is Cc1cccc(C)c1CC(NN)c1scnc1C. The van der Waals surface area contributed by atoms with Crippen LogP contribution in [0.4, 0.5) is 0 Å². The zero-order valence-corrected chi connectivity index (χ0v) is 11.8. The molecule has 0 spiro atoms. The van der Waals surface area contributed by atoms with Crippen molar-refractivity contribution >= 4 is 11.3 Å². The summed E-state index contributed by atoms with van der Waals surface area (Å²) >= 11 is 1.66. The molecule has 1 atom stereocenters. The lowest BCUT2D eigenvalue weighted by atomic mass is 9.96. The van der Waals surface area contributed by atoms with Crippen LogP contribution in [-0.2, 0) is 6.42 Å². The molecule has 18 heavy (non-hydrogen) atoms. The highest BCUT2D eigenvalue weighted by atomic mass is 32.1. The monoisotopic (exact) mass is 261 g/mol. The number of aromatic nitrogens is 1. The largest absolute Gasteiger partial charge is 0.271 e. The maximum atomic E-state index is 5.71. The number of hydrogen-bond donors (Lipinski definition) is 2. The lowest BCUT2D eigenvalue weighted by molar-refractivity contribution is 0.555. The summed E-state index contributed by atoms with van der Waals surface area (Å²) in [6.07, 6.45) is 0.901. The van der Waals surface area contributed by atoms with Crippen molar-refractivity contribution < 1.29 is 0 Å². The molecule has 96 valence electrons. The summed E-state index contributed by atoms with van der Waals surface area (Å²) in [6, 6.07) is 6.53. The molecule has 4 heteroatoms. The number of rotatable bonds is 4. The van der Waals surface area contributed by atoms with Gasteiger partial charge in [-0.2, -0.15) is 0 Å². The van der Waals surface area contributed by atoms with E-state index in [0.29, 0.717) is 0 Å². The second-order valence-electron chi connectivity index (χ2n) is 4.60. The number of benzene rings is 1. The maximum absolute atomic E-state index is 5.71. The Balaban J connectivity index is 2.29. The summed E-state index contributed by atoms with van der Waals surface area (Å²) in [5.74, 6) is 5.71. The molecule has 3 nitrogen and oxygen atoms in total. The van der Waals surface area contributed by atoms with Gasteiger partial charge in [-0.3, -0.25) is 11.3 Å². The number of nitrogens with zero attached hydrogens (tertiary/aromatic N) is 1. The molecular formula is C14H19N3S. The van der Waals surface area contributed by atoms with E-state index in [2.05, 4.69) is 42.5 Å². The second-order valence-corrected chi connectivity index (χ2v) is 5.48. The van der Waals surface area contributed by atoms with Gasteiger partial charge in [-0.15, -0.1) is 11.3 Å². The summed E-state index contributed by atoms with van der Waals surface area (Å²) in [5, 5.41) is 0. The van der Waals surface area contributed by atoms with Crippen molar-refractivity contribution in [3.63, 3.8) is 0 Å². The summed E-state index contributed by atoms with van der Waals surface area (Å²) in [6.45, 7) is 6.33. The molecule has 0 radical (unpaired) electrons. The summed E-state index contributed by atoms with van der Waals surface area (Å²) in [4.78, 5) is 5.52. The smallest absolute Gasteiger partial charge is 0.0798 e. The normalized spacial score (nSPS) is 12.7. The van der Waals surface area contributed by atoms with E-state index < -0.39 is 0 Å². The molecule has 2 aromatic rings. The van der Waals surface area contributed by atoms with Crippen molar-refractivity contribution in [3.8, 4) is 0 Å². The fourth-order valence-corrected chi connectivity index (χ4v) is 3.11. The first kappa shape index (κ1) is 13.2. The Bertz CT molecular complexity index is 513. The fourth-order valence-electron chi connectivity index (χ4n) is 2.25. The molecule has 1 aromatic carbocycles. The minimum absolute atomic E-state index is 0.136. The minimum Gasteiger partial charge on any atom is -0.271 e. The Morgan fingerprint density at radius 2 is 1.94 bits per heavy atom. The third-order valence-electron chi connectivity index (χ3n) is 3.35. The van der Waals surface area contributed by atoms with Crippen LogP contribution in [-0.4, -0.2) is 4.98 Å². The summed E-state index contributed by atoms with van der Waals surface area (Å²) in [7, 11) is 0. The predicted octanol–water partition coefficient (Wildman–Crippen LogP) is 2.82. The van der Waals surface area contributed by atoms with E-state index in [0.717, 1.165) is 12.1 Å². The minimum atomic E-state index is 0.136. The Labute approximate surface area is 112 Å². The zero-order valence-electron chi connectivity index (χ0n) is 11.0. The van der Waals surface area contributed by atoms with Crippen molar-refractivity contribution in [2.45, 2.75) is 33.2 Å². The maximum Gasteiger partial charge on any atom is 0.0798 e. The molecule has 3 N–H and O–H groups in total. The quantitative estimate of drug-likeness (QED) is 0.657. The van der Waals surface area contributed by atoms with Crippen LogP contribution in [0.15, 0.2) is 23.7 Å². The topological polar surface area (TPSA) is 50.9 Å². The molecule has 0 aliphatic heterocycles. The van der Waals surface area contributed by atoms with Gasteiger partial charge in [0.25, 0.3) is 0 Å². The van der Waals surface area contributed by atoms with Crippen LogP contribution in [0.25, 0.3) is 0 Å². The molecule has 0 saturated heterocycles. The Morgan fingerprint density at radius 1 is 1.28 bits per heavy atom. The number of hydrazine groups is 1. The molecule has 1 unspecified atom stereocenters. The molecule has 0 aliphatic carbocycles. The van der Waals surface area contributed by atoms with Crippen LogP contribution in [0.5, 0.6) is 0 Å². The third-order valence-corrected chi connectivity index (χ3v) is 4.40. The van der Waals surface area contributed by atoms with E-state index >= 15 is 0 Å². The van der Waals surface area contributed by atoms with Crippen molar-refractivity contribution in [2.75, 3.05) is 0 Å². The molecule has 0 bridgehead atoms. The van der Waals surface area contributed by atoms with Gasteiger partial charge in [0, 0.05) is 4.88 Å². The lowest BCUT2D eigenvalue weighted by Crippen LogP contribution is -2.29. The molecule has 0 fully saturated rings. The number of thiazole rings is 1. The van der Waals surface area contributed by atoms with E-state index in [-0.39, 0.29) is 6.04 Å². The van der Waals surface area contributed by atoms with E-state index in [1.165, 1.54) is 21.6 Å². The first-order chi connectivity index (χ1) is 8.63. The van der Waals surface area contributed by atoms with Crippen molar-refractivity contribution in [2.24, 2.45) is 5.84 Å². The highest BCUT2D eigenvalue weighted by molar-refractivity contribution is 7.09. The van der Waals surface area contributed by atoms with Gasteiger partial charge in [0.1, 0.15) is 0 Å². The van der Waals surface area contributed by atoms with Crippen LogP contribution in [0.3, 0.4) is 0 Å². The number of hydrogen-bond acceptors (Lipinski definition) is 4. The standard InChI is InChI=1S/C14H19N3S/c1-9-5-4-6-10(2)12(9)7-13(17-15)14-11(3)16-8-18-14/h4-6,8,13,17H,7,15H2,1-3H3. The van der Waals surface area contributed by atoms with Gasteiger partial charge in [-0.1, -0.05) is 18.2 Å². The predicted molar refractivity (Wildman–Crippen MR) is 76.5 cm³/mol. The van der Waals surface area contributed by atoms with Gasteiger partial charge >= 0.3 is 0 Å². The van der Waals surface area contributed by atoms with Crippen LogP contribution >= 0.6 is 11.3 Å². The molecule has 2 rings (SSSR count). The number of nitrogens with two attached hydrogens (primary N) is 1. The van der Waals surface area contributed by atoms with Crippen LogP contribution in [0.1, 0.15) is 33.3 Å². The average molecular weight is 261 g/mol. The number of nitrogens with one attached hydrogen (secondary N) is 1. The highest BCUT2D eigenvalue weighted by Gasteiger charge is 2.17. The van der Waals surface area contributed by atoms with Gasteiger partial charge in [-0.05, 0) is 43.9 Å². The first-order valence-electron chi connectivity index (χ1n) is 6.04. The molecular weight excluding hydrogens is 242 g/mol. The molecule has 0 amide bonds. The Hall–Kier alpha value is -1.23. The van der Waals surface area contributed by atoms with Gasteiger partial charge < -0.3 is 0 Å². The van der Waals surface area contributed by atoms with Gasteiger partial charge in [-0.25, -0.2) is 4.98 Å². The van der Waals surface area contributed by atoms with E-state index in [4.69, 9.17) is 5.84 Å². The van der Waals surface area contributed by atoms with E-state index in [9.17, 15) is 0 Å². The van der Waals surface area contributed by atoms with Crippen LogP contribution in [0.2, 0.25) is 0 Å². The summed E-state index contributed by atoms with van der Waals surface area (Å²) in [5.41, 5.74) is 9.86. The Morgan fingerprint density at radius 3 is 2.44 bits per heavy atom.